The van der Waals surface area contributed by atoms with Crippen molar-refractivity contribution in [2.75, 3.05) is 33.9 Å². The number of piperidine rings is 1. The van der Waals surface area contributed by atoms with Gasteiger partial charge in [-0.3, -0.25) is 4.79 Å². The molecule has 5 nitrogen and oxygen atoms in total. The Hall–Kier alpha value is -2.40. The molecule has 1 fully saturated rings. The third kappa shape index (κ3) is 6.04. The molecule has 2 aromatic rings. The number of rotatable bonds is 8. The van der Waals surface area contributed by atoms with Gasteiger partial charge in [-0.1, -0.05) is 17.7 Å². The van der Waals surface area contributed by atoms with E-state index in [1.165, 1.54) is 0 Å². The Kier molecular flexibility index (Phi) is 7.64. The number of methoxy groups -OCH3 is 2. The molecule has 1 aliphatic heterocycles. The fourth-order valence-corrected chi connectivity index (χ4v) is 3.75. The molecule has 1 saturated heterocycles. The van der Waals surface area contributed by atoms with Crippen molar-refractivity contribution >= 4 is 17.5 Å². The molecule has 1 aliphatic rings. The van der Waals surface area contributed by atoms with Gasteiger partial charge in [0.25, 0.3) is 0 Å². The smallest absolute Gasteiger partial charge is 0.226 e. The summed E-state index contributed by atoms with van der Waals surface area (Å²) in [4.78, 5) is 14.6. The second-order valence-electron chi connectivity index (χ2n) is 7.28. The molecule has 0 atom stereocenters. The lowest BCUT2D eigenvalue weighted by Crippen LogP contribution is -2.39. The minimum Gasteiger partial charge on any atom is -0.494 e. The lowest BCUT2D eigenvalue weighted by Gasteiger charge is -2.32. The van der Waals surface area contributed by atoms with Crippen LogP contribution in [0.2, 0.25) is 5.02 Å². The first-order chi connectivity index (χ1) is 14.1. The average molecular weight is 418 g/mol. The molecule has 0 aliphatic carbocycles. The minimum absolute atomic E-state index is 0.160. The highest BCUT2D eigenvalue weighted by Gasteiger charge is 2.23. The van der Waals surface area contributed by atoms with Crippen molar-refractivity contribution in [1.82, 2.24) is 4.90 Å². The van der Waals surface area contributed by atoms with Crippen LogP contribution >= 0.6 is 11.6 Å². The van der Waals surface area contributed by atoms with Gasteiger partial charge in [0.2, 0.25) is 5.91 Å². The maximum absolute atomic E-state index is 12.7. The van der Waals surface area contributed by atoms with Crippen LogP contribution in [-0.4, -0.2) is 44.7 Å². The molecule has 0 radical (unpaired) electrons. The minimum atomic E-state index is 0.160. The van der Waals surface area contributed by atoms with Gasteiger partial charge in [0, 0.05) is 18.1 Å². The van der Waals surface area contributed by atoms with Crippen molar-refractivity contribution in [3.8, 4) is 17.2 Å². The fourth-order valence-electron chi connectivity index (χ4n) is 3.62. The number of likely N-dealkylation sites (tertiary alicyclic amines) is 1. The Balaban J connectivity index is 1.41. The van der Waals surface area contributed by atoms with Gasteiger partial charge in [0.05, 0.1) is 27.2 Å². The SMILES string of the molecule is COc1ccc(CC(=O)N2CCC(CCOc3ccc(Cl)cc3)CC2)cc1OC. The number of nitrogens with zero attached hydrogens (tertiary/aromatic N) is 1. The Bertz CT molecular complexity index is 801. The van der Waals surface area contributed by atoms with Crippen LogP contribution in [0, 0.1) is 5.92 Å². The first-order valence-electron chi connectivity index (χ1n) is 9.96. The summed E-state index contributed by atoms with van der Waals surface area (Å²) in [5, 5.41) is 0.711. The summed E-state index contributed by atoms with van der Waals surface area (Å²) in [6.45, 7) is 2.29. The Morgan fingerprint density at radius 2 is 1.72 bits per heavy atom. The number of amides is 1. The summed E-state index contributed by atoms with van der Waals surface area (Å²) in [6, 6.07) is 13.1. The molecule has 2 aromatic carbocycles. The first-order valence-corrected chi connectivity index (χ1v) is 10.3. The maximum atomic E-state index is 12.7. The van der Waals surface area contributed by atoms with E-state index in [0.717, 1.165) is 43.7 Å². The van der Waals surface area contributed by atoms with Gasteiger partial charge in [-0.25, -0.2) is 0 Å². The van der Waals surface area contributed by atoms with Crippen molar-refractivity contribution < 1.29 is 19.0 Å². The van der Waals surface area contributed by atoms with Crippen molar-refractivity contribution in [1.29, 1.82) is 0 Å². The van der Waals surface area contributed by atoms with Crippen molar-refractivity contribution in [3.05, 3.63) is 53.1 Å². The fraction of sp³-hybridized carbons (Fsp3) is 0.435. The number of halogens is 1. The monoisotopic (exact) mass is 417 g/mol. The van der Waals surface area contributed by atoms with E-state index in [9.17, 15) is 4.79 Å². The second kappa shape index (κ2) is 10.4. The lowest BCUT2D eigenvalue weighted by molar-refractivity contribution is -0.131. The van der Waals surface area contributed by atoms with E-state index in [2.05, 4.69) is 0 Å². The quantitative estimate of drug-likeness (QED) is 0.629. The number of carbonyl (C=O) groups excluding carboxylic acids is 1. The Morgan fingerprint density at radius 3 is 2.38 bits per heavy atom. The zero-order valence-electron chi connectivity index (χ0n) is 17.0. The highest BCUT2D eigenvalue weighted by atomic mass is 35.5. The van der Waals surface area contributed by atoms with Crippen LogP contribution in [0.4, 0.5) is 0 Å². The molecular weight excluding hydrogens is 390 g/mol. The van der Waals surface area contributed by atoms with Crippen LogP contribution in [0.5, 0.6) is 17.2 Å². The van der Waals surface area contributed by atoms with Gasteiger partial charge in [0.15, 0.2) is 11.5 Å². The summed E-state index contributed by atoms with van der Waals surface area (Å²) >= 11 is 5.89. The van der Waals surface area contributed by atoms with Crippen LogP contribution in [0.25, 0.3) is 0 Å². The summed E-state index contributed by atoms with van der Waals surface area (Å²) in [6.07, 6.45) is 3.41. The van der Waals surface area contributed by atoms with E-state index < -0.39 is 0 Å². The first kappa shape index (κ1) is 21.3. The van der Waals surface area contributed by atoms with Gasteiger partial charge in [0.1, 0.15) is 5.75 Å². The number of hydrogen-bond donors (Lipinski definition) is 0. The van der Waals surface area contributed by atoms with Gasteiger partial charge >= 0.3 is 0 Å². The van der Waals surface area contributed by atoms with Crippen LogP contribution in [0.1, 0.15) is 24.8 Å². The third-order valence-corrected chi connectivity index (χ3v) is 5.63. The molecule has 156 valence electrons. The van der Waals surface area contributed by atoms with Crippen molar-refractivity contribution in [2.45, 2.75) is 25.7 Å². The van der Waals surface area contributed by atoms with Crippen LogP contribution in [0.15, 0.2) is 42.5 Å². The standard InChI is InChI=1S/C23H28ClNO4/c1-27-21-8-3-18(15-22(21)28-2)16-23(26)25-12-9-17(10-13-25)11-14-29-20-6-4-19(24)5-7-20/h3-8,15,17H,9-14,16H2,1-2H3. The molecule has 1 heterocycles. The summed E-state index contributed by atoms with van der Waals surface area (Å²) in [5.74, 6) is 2.92. The van der Waals surface area contributed by atoms with E-state index in [4.69, 9.17) is 25.8 Å². The molecular formula is C23H28ClNO4. The predicted molar refractivity (Wildman–Crippen MR) is 114 cm³/mol. The zero-order chi connectivity index (χ0) is 20.6. The molecule has 0 spiro atoms. The van der Waals surface area contributed by atoms with E-state index in [1.54, 1.807) is 14.2 Å². The number of ether oxygens (including phenoxy) is 3. The molecule has 0 saturated carbocycles. The third-order valence-electron chi connectivity index (χ3n) is 5.38. The molecule has 0 aromatic heterocycles. The van der Waals surface area contributed by atoms with E-state index >= 15 is 0 Å². The summed E-state index contributed by atoms with van der Waals surface area (Å²) in [5.41, 5.74) is 0.936. The van der Waals surface area contributed by atoms with Crippen molar-refractivity contribution in [3.63, 3.8) is 0 Å². The van der Waals surface area contributed by atoms with Crippen molar-refractivity contribution in [2.24, 2.45) is 5.92 Å². The molecule has 29 heavy (non-hydrogen) atoms. The van der Waals surface area contributed by atoms with E-state index in [1.807, 2.05) is 47.4 Å². The van der Waals surface area contributed by atoms with Crippen LogP contribution in [0.3, 0.4) is 0 Å². The van der Waals surface area contributed by atoms with E-state index in [0.29, 0.717) is 35.5 Å². The average Bonchev–Trinajstić information content (AvgIpc) is 2.75. The highest BCUT2D eigenvalue weighted by molar-refractivity contribution is 6.30. The predicted octanol–water partition coefficient (Wildman–Crippen LogP) is 4.61. The molecule has 1 amide bonds. The molecule has 6 heteroatoms. The molecule has 0 N–H and O–H groups in total. The zero-order valence-corrected chi connectivity index (χ0v) is 17.8. The molecule has 0 bridgehead atoms. The van der Waals surface area contributed by atoms with E-state index in [-0.39, 0.29) is 5.91 Å². The largest absolute Gasteiger partial charge is 0.494 e. The number of benzene rings is 2. The molecule has 0 unspecified atom stereocenters. The second-order valence-corrected chi connectivity index (χ2v) is 7.72. The topological polar surface area (TPSA) is 48.0 Å². The van der Waals surface area contributed by atoms with Gasteiger partial charge in [-0.05, 0) is 67.1 Å². The number of hydrogen-bond acceptors (Lipinski definition) is 4. The van der Waals surface area contributed by atoms with Gasteiger partial charge in [-0.2, -0.15) is 0 Å². The summed E-state index contributed by atoms with van der Waals surface area (Å²) < 4.78 is 16.4. The Morgan fingerprint density at radius 1 is 1.03 bits per heavy atom. The lowest BCUT2D eigenvalue weighted by atomic mass is 9.93. The highest BCUT2D eigenvalue weighted by Crippen LogP contribution is 2.28. The maximum Gasteiger partial charge on any atom is 0.226 e. The van der Waals surface area contributed by atoms with Crippen LogP contribution in [-0.2, 0) is 11.2 Å². The van der Waals surface area contributed by atoms with Gasteiger partial charge < -0.3 is 19.1 Å². The number of carbonyl (C=O) groups is 1. The van der Waals surface area contributed by atoms with Gasteiger partial charge in [-0.15, -0.1) is 0 Å². The normalized spacial score (nSPS) is 14.5. The van der Waals surface area contributed by atoms with Crippen LogP contribution < -0.4 is 14.2 Å². The Labute approximate surface area is 177 Å². The summed E-state index contributed by atoms with van der Waals surface area (Å²) in [7, 11) is 3.21. The molecule has 3 rings (SSSR count).